The number of amides is 3. The zero-order valence-electron chi connectivity index (χ0n) is 27.0. The van der Waals surface area contributed by atoms with Crippen molar-refractivity contribution in [2.24, 2.45) is 5.92 Å². The Morgan fingerprint density at radius 2 is 1.73 bits per heavy atom. The topological polar surface area (TPSA) is 111 Å². The summed E-state index contributed by atoms with van der Waals surface area (Å²) in [5.41, 5.74) is 3.37. The number of ether oxygens (including phenoxy) is 1. The second-order valence-electron chi connectivity index (χ2n) is 12.3. The van der Waals surface area contributed by atoms with E-state index in [4.69, 9.17) is 4.74 Å². The number of methoxy groups -OCH3 is 1. The molecule has 6 rings (SSSR count). The van der Waals surface area contributed by atoms with Gasteiger partial charge in [0.15, 0.2) is 5.60 Å². The highest BCUT2D eigenvalue weighted by atomic mass is 16.5. The molecular weight excluding hydrogens is 606 g/mol. The molecule has 9 heteroatoms. The van der Waals surface area contributed by atoms with Gasteiger partial charge in [-0.25, -0.2) is 0 Å². The lowest BCUT2D eigenvalue weighted by atomic mass is 9.82. The zero-order chi connectivity index (χ0) is 33.8. The average Bonchev–Trinajstić information content (AvgIpc) is 3.33. The van der Waals surface area contributed by atoms with E-state index in [1.54, 1.807) is 47.1 Å². The van der Waals surface area contributed by atoms with Crippen LogP contribution in [0.5, 0.6) is 5.75 Å². The van der Waals surface area contributed by atoms with Crippen molar-refractivity contribution in [3.8, 4) is 5.75 Å². The van der Waals surface area contributed by atoms with Crippen molar-refractivity contribution in [3.63, 3.8) is 0 Å². The number of nitrogens with zero attached hydrogens (tertiary/aromatic N) is 3. The van der Waals surface area contributed by atoms with Crippen LogP contribution in [0.25, 0.3) is 0 Å². The maximum absolute atomic E-state index is 14.2. The average molecular weight is 646 g/mol. The molecule has 0 spiro atoms. The van der Waals surface area contributed by atoms with Crippen LogP contribution in [0.15, 0.2) is 109 Å². The zero-order valence-corrected chi connectivity index (χ0v) is 27.0. The van der Waals surface area contributed by atoms with Crippen LogP contribution in [0, 0.1) is 5.92 Å². The fourth-order valence-corrected chi connectivity index (χ4v) is 6.73. The molecule has 0 aromatic heterocycles. The van der Waals surface area contributed by atoms with E-state index in [0.717, 1.165) is 23.1 Å². The van der Waals surface area contributed by atoms with Gasteiger partial charge in [-0.15, -0.1) is 0 Å². The summed E-state index contributed by atoms with van der Waals surface area (Å²) in [5.74, 6) is -0.831. The van der Waals surface area contributed by atoms with Crippen molar-refractivity contribution in [1.29, 1.82) is 0 Å². The van der Waals surface area contributed by atoms with Gasteiger partial charge >= 0.3 is 0 Å². The van der Waals surface area contributed by atoms with Gasteiger partial charge in [0.05, 0.1) is 32.0 Å². The van der Waals surface area contributed by atoms with Crippen LogP contribution in [-0.2, 0) is 39.5 Å². The van der Waals surface area contributed by atoms with Gasteiger partial charge in [-0.2, -0.15) is 0 Å². The fourth-order valence-electron chi connectivity index (χ4n) is 6.73. The molecule has 0 aliphatic carbocycles. The number of anilines is 3. The predicted octanol–water partition coefficient (Wildman–Crippen LogP) is 5.25. The highest BCUT2D eigenvalue weighted by Gasteiger charge is 2.52. The normalized spacial score (nSPS) is 19.2. The summed E-state index contributed by atoms with van der Waals surface area (Å²) in [6, 6.07) is 29.5. The number of rotatable bonds is 11. The van der Waals surface area contributed by atoms with E-state index in [-0.39, 0.29) is 31.5 Å². The van der Waals surface area contributed by atoms with Crippen LogP contribution < -0.4 is 14.5 Å². The van der Waals surface area contributed by atoms with Gasteiger partial charge in [-0.3, -0.25) is 19.3 Å². The molecule has 48 heavy (non-hydrogen) atoms. The molecule has 0 radical (unpaired) electrons. The van der Waals surface area contributed by atoms with Gasteiger partial charge in [0.1, 0.15) is 5.75 Å². The van der Waals surface area contributed by atoms with E-state index in [1.807, 2.05) is 78.9 Å². The molecule has 2 heterocycles. The van der Waals surface area contributed by atoms with Crippen molar-refractivity contribution in [2.75, 3.05) is 23.5 Å². The molecule has 4 aromatic carbocycles. The molecule has 4 aromatic rings. The van der Waals surface area contributed by atoms with Crippen molar-refractivity contribution >= 4 is 35.3 Å². The van der Waals surface area contributed by atoms with Crippen molar-refractivity contribution in [3.05, 3.63) is 131 Å². The molecule has 0 unspecified atom stereocenters. The summed E-state index contributed by atoms with van der Waals surface area (Å²) < 4.78 is 5.46. The number of hydrogen-bond acceptors (Lipinski definition) is 6. The summed E-state index contributed by atoms with van der Waals surface area (Å²) in [7, 11) is 1.53. The molecule has 0 bridgehead atoms. The molecule has 3 atom stereocenters. The molecule has 0 saturated carbocycles. The van der Waals surface area contributed by atoms with Gasteiger partial charge in [-0.05, 0) is 65.6 Å². The monoisotopic (exact) mass is 645 g/mol. The minimum Gasteiger partial charge on any atom is -0.497 e. The molecule has 0 fully saturated rings. The second kappa shape index (κ2) is 13.9. The third-order valence-corrected chi connectivity index (χ3v) is 9.41. The lowest BCUT2D eigenvalue weighted by molar-refractivity contribution is -0.139. The highest BCUT2D eigenvalue weighted by molar-refractivity contribution is 6.07. The molecule has 0 saturated heterocycles. The maximum atomic E-state index is 14.2. The van der Waals surface area contributed by atoms with Crippen LogP contribution >= 0.6 is 0 Å². The summed E-state index contributed by atoms with van der Waals surface area (Å²) in [6.45, 7) is 2.20. The van der Waals surface area contributed by atoms with E-state index in [9.17, 15) is 24.6 Å². The molecule has 9 nitrogen and oxygen atoms in total. The Labute approximate surface area is 280 Å². The van der Waals surface area contributed by atoms with Crippen molar-refractivity contribution in [1.82, 2.24) is 4.90 Å². The van der Waals surface area contributed by atoms with Crippen LogP contribution in [0.2, 0.25) is 0 Å². The molecule has 2 aliphatic heterocycles. The van der Waals surface area contributed by atoms with E-state index < -0.39 is 17.4 Å². The first-order valence-electron chi connectivity index (χ1n) is 16.0. The summed E-state index contributed by atoms with van der Waals surface area (Å²) in [4.78, 5) is 44.4. The van der Waals surface area contributed by atoms with Crippen molar-refractivity contribution in [2.45, 2.75) is 44.5 Å². The second-order valence-corrected chi connectivity index (χ2v) is 12.3. The van der Waals surface area contributed by atoms with Crippen molar-refractivity contribution < 1.29 is 29.3 Å². The van der Waals surface area contributed by atoms with Crippen LogP contribution in [0.3, 0.4) is 0 Å². The van der Waals surface area contributed by atoms with Crippen LogP contribution in [0.1, 0.15) is 35.6 Å². The summed E-state index contributed by atoms with van der Waals surface area (Å²) in [5, 5.41) is 22.2. The molecule has 2 aliphatic rings. The summed E-state index contributed by atoms with van der Waals surface area (Å²) in [6.07, 6.45) is 4.79. The summed E-state index contributed by atoms with van der Waals surface area (Å²) >= 11 is 0. The number of carbonyl (C=O) groups is 3. The third kappa shape index (κ3) is 6.10. The minimum atomic E-state index is -1.92. The number of aliphatic hydroxyl groups excluding tert-OH is 1. The molecule has 2 N–H and O–H groups in total. The Morgan fingerprint density at radius 1 is 1.00 bits per heavy atom. The number of aliphatic hydroxyl groups is 2. The smallest absolute Gasteiger partial charge is 0.264 e. The molecule has 3 amide bonds. The first-order chi connectivity index (χ1) is 23.3. The van der Waals surface area contributed by atoms with Gasteiger partial charge in [0.2, 0.25) is 12.3 Å². The third-order valence-electron chi connectivity index (χ3n) is 9.41. The van der Waals surface area contributed by atoms with E-state index in [2.05, 4.69) is 0 Å². The first-order valence-corrected chi connectivity index (χ1v) is 16.0. The highest BCUT2D eigenvalue weighted by Crippen LogP contribution is 2.47. The Kier molecular flexibility index (Phi) is 9.43. The Morgan fingerprint density at radius 3 is 2.46 bits per heavy atom. The Hall–Kier alpha value is -5.25. The first kappa shape index (κ1) is 32.7. The SMILES string of the molecule is COc1ccc2c(c1)[C@](O)([C@@H](C)/C=C/CC(=O)N1Cc3ccccc3C[C@H]1CO)C(=O)N2Cc1cccc(N(C=O)c2ccccc2)c1. The number of para-hydroxylation sites is 1. The quantitative estimate of drug-likeness (QED) is 0.170. The predicted molar refractivity (Wildman–Crippen MR) is 184 cm³/mol. The van der Waals surface area contributed by atoms with E-state index >= 15 is 0 Å². The largest absolute Gasteiger partial charge is 0.497 e. The number of fused-ring (bicyclic) bond motifs is 2. The van der Waals surface area contributed by atoms with Crippen LogP contribution in [-0.4, -0.2) is 53.1 Å². The standard InChI is InChI=1S/C39H39N3O6/c1-27(10-8-17-37(45)40-24-30-13-7-6-12-29(30)21-33(40)25-43)39(47)35-22-34(48-2)18-19-36(35)41(38(39)46)23-28-11-9-16-32(20-28)42(26-44)31-14-4-3-5-15-31/h3-16,18-20,22,26-27,33,43,47H,17,21,23-25H2,1-2H3/b10-8+/t27-,33-,39+/m0/s1. The Balaban J connectivity index is 1.23. The van der Waals surface area contributed by atoms with Gasteiger partial charge in [0, 0.05) is 35.8 Å². The van der Waals surface area contributed by atoms with Gasteiger partial charge in [-0.1, -0.05) is 73.7 Å². The lowest BCUT2D eigenvalue weighted by Crippen LogP contribution is -2.46. The van der Waals surface area contributed by atoms with E-state index in [1.165, 1.54) is 12.0 Å². The number of benzene rings is 4. The molecular formula is C39H39N3O6. The number of carbonyl (C=O) groups excluding carboxylic acids is 3. The van der Waals surface area contributed by atoms with Gasteiger partial charge < -0.3 is 24.7 Å². The minimum absolute atomic E-state index is 0.0589. The lowest BCUT2D eigenvalue weighted by Gasteiger charge is -2.36. The molecule has 246 valence electrons. The van der Waals surface area contributed by atoms with E-state index in [0.29, 0.717) is 41.3 Å². The Bertz CT molecular complexity index is 1840. The fraction of sp³-hybridized carbons (Fsp3) is 0.256. The number of hydrogen-bond donors (Lipinski definition) is 2. The maximum Gasteiger partial charge on any atom is 0.264 e. The van der Waals surface area contributed by atoms with Gasteiger partial charge in [0.25, 0.3) is 5.91 Å². The van der Waals surface area contributed by atoms with Crippen LogP contribution in [0.4, 0.5) is 17.1 Å².